The van der Waals surface area contributed by atoms with Crippen molar-refractivity contribution in [2.45, 2.75) is 43.4 Å². The van der Waals surface area contributed by atoms with Crippen LogP contribution in [0.1, 0.15) is 41.9 Å². The summed E-state index contributed by atoms with van der Waals surface area (Å²) in [6.07, 6.45) is 2.97. The number of hydrogen-bond donors (Lipinski definition) is 1. The van der Waals surface area contributed by atoms with E-state index in [0.29, 0.717) is 22.1 Å². The molecule has 2 aromatic rings. The second-order valence-corrected chi connectivity index (χ2v) is 8.31. The van der Waals surface area contributed by atoms with Crippen LogP contribution in [0.5, 0.6) is 0 Å². The van der Waals surface area contributed by atoms with E-state index in [1.54, 1.807) is 11.7 Å². The first-order valence-electron chi connectivity index (χ1n) is 7.73. The lowest BCUT2D eigenvalue weighted by Crippen LogP contribution is -2.51. The van der Waals surface area contributed by atoms with Gasteiger partial charge in [-0.25, -0.2) is 0 Å². The molecule has 9 heteroatoms. The van der Waals surface area contributed by atoms with Gasteiger partial charge in [-0.05, 0) is 19.4 Å². The predicted octanol–water partition coefficient (Wildman–Crippen LogP) is 3.36. The molecule has 0 radical (unpaired) electrons. The van der Waals surface area contributed by atoms with Crippen molar-refractivity contribution >= 4 is 22.9 Å². The minimum Gasteiger partial charge on any atom is -0.363 e. The molecular formula is C15H17ClF2N4OS. The van der Waals surface area contributed by atoms with Gasteiger partial charge in [-0.2, -0.15) is 8.78 Å². The molecule has 3 atom stereocenters. The maximum atomic E-state index is 14.3. The topological polar surface area (TPSA) is 52.0 Å². The number of aromatic nitrogens is 3. The van der Waals surface area contributed by atoms with Crippen LogP contribution in [-0.4, -0.2) is 27.6 Å². The molecule has 0 saturated carbocycles. The van der Waals surface area contributed by atoms with Crippen molar-refractivity contribution in [2.24, 2.45) is 7.05 Å². The van der Waals surface area contributed by atoms with Crippen LogP contribution in [-0.2, 0) is 23.3 Å². The van der Waals surface area contributed by atoms with Gasteiger partial charge >= 0.3 is 0 Å². The molecule has 5 nitrogen and oxygen atoms in total. The Bertz CT molecular complexity index is 779. The molecule has 0 unspecified atom stereocenters. The largest absolute Gasteiger partial charge is 0.363 e. The fraction of sp³-hybridized carbons (Fsp3) is 0.600. The van der Waals surface area contributed by atoms with E-state index in [1.165, 1.54) is 17.4 Å². The summed E-state index contributed by atoms with van der Waals surface area (Å²) in [6.45, 7) is 1.41. The molecule has 2 aliphatic rings. The second kappa shape index (κ2) is 5.45. The monoisotopic (exact) mass is 374 g/mol. The van der Waals surface area contributed by atoms with Crippen LogP contribution in [0.2, 0.25) is 4.34 Å². The molecule has 2 aromatic heterocycles. The highest BCUT2D eigenvalue weighted by Gasteiger charge is 2.53. The van der Waals surface area contributed by atoms with Crippen LogP contribution in [0.25, 0.3) is 0 Å². The Morgan fingerprint density at radius 2 is 2.25 bits per heavy atom. The standard InChI is InChI=1S/C15H17ClF2N4OS/c1-8-4-14(5-10(19-8)11-6-22(2)21-20-11)13-9(3-12(16)24-13)15(17,18)7-23-14/h3,6,8,10,19H,4-5,7H2,1-2H3/t8-,10-,14-/m0/s1. The SMILES string of the molecule is C[C@H]1C[C@@]2(C[C@@H](c3cn(C)nn3)N1)OCC(F)(F)c1cc(Cl)sc12. The van der Waals surface area contributed by atoms with Crippen molar-refractivity contribution in [2.75, 3.05) is 6.61 Å². The Balaban J connectivity index is 1.76. The van der Waals surface area contributed by atoms with Gasteiger partial charge in [0.25, 0.3) is 5.92 Å². The minimum atomic E-state index is -3.00. The number of hydrogen-bond acceptors (Lipinski definition) is 5. The summed E-state index contributed by atoms with van der Waals surface area (Å²) in [6, 6.07) is 1.37. The lowest BCUT2D eigenvalue weighted by molar-refractivity contribution is -0.183. The van der Waals surface area contributed by atoms with Gasteiger partial charge in [0.2, 0.25) is 0 Å². The van der Waals surface area contributed by atoms with Crippen molar-refractivity contribution in [3.05, 3.63) is 32.7 Å². The molecule has 130 valence electrons. The highest BCUT2D eigenvalue weighted by atomic mass is 35.5. The van der Waals surface area contributed by atoms with E-state index in [2.05, 4.69) is 15.6 Å². The van der Waals surface area contributed by atoms with Gasteiger partial charge in [-0.1, -0.05) is 16.8 Å². The van der Waals surface area contributed by atoms with E-state index < -0.39 is 18.1 Å². The summed E-state index contributed by atoms with van der Waals surface area (Å²) < 4.78 is 36.3. The van der Waals surface area contributed by atoms with Crippen LogP contribution in [0.3, 0.4) is 0 Å². The fourth-order valence-electron chi connectivity index (χ4n) is 3.73. The molecular weight excluding hydrogens is 358 g/mol. The van der Waals surface area contributed by atoms with Crippen molar-refractivity contribution in [3.8, 4) is 0 Å². The molecule has 2 aliphatic heterocycles. The van der Waals surface area contributed by atoms with Crippen LogP contribution < -0.4 is 5.32 Å². The number of thiophene rings is 1. The van der Waals surface area contributed by atoms with E-state index in [9.17, 15) is 8.78 Å². The van der Waals surface area contributed by atoms with Crippen LogP contribution in [0.4, 0.5) is 8.78 Å². The van der Waals surface area contributed by atoms with Gasteiger partial charge < -0.3 is 10.1 Å². The van der Waals surface area contributed by atoms with Gasteiger partial charge in [-0.3, -0.25) is 4.68 Å². The summed E-state index contributed by atoms with van der Waals surface area (Å²) in [5.74, 6) is -3.00. The van der Waals surface area contributed by atoms with E-state index in [-0.39, 0.29) is 17.6 Å². The van der Waals surface area contributed by atoms with Crippen LogP contribution in [0, 0.1) is 0 Å². The third-order valence-electron chi connectivity index (χ3n) is 4.67. The number of rotatable bonds is 1. The average molecular weight is 375 g/mol. The van der Waals surface area contributed by atoms with Gasteiger partial charge in [-0.15, -0.1) is 16.4 Å². The number of ether oxygens (including phenoxy) is 1. The van der Waals surface area contributed by atoms with Crippen LogP contribution >= 0.6 is 22.9 Å². The summed E-state index contributed by atoms with van der Waals surface area (Å²) in [7, 11) is 1.80. The molecule has 0 amide bonds. The second-order valence-electron chi connectivity index (χ2n) is 6.63. The first kappa shape index (κ1) is 16.4. The van der Waals surface area contributed by atoms with Crippen molar-refractivity contribution < 1.29 is 13.5 Å². The number of alkyl halides is 2. The third kappa shape index (κ3) is 2.56. The number of nitrogens with zero attached hydrogens (tertiary/aromatic N) is 3. The van der Waals surface area contributed by atoms with Crippen molar-refractivity contribution in [3.63, 3.8) is 0 Å². The van der Waals surface area contributed by atoms with E-state index >= 15 is 0 Å². The predicted molar refractivity (Wildman–Crippen MR) is 86.4 cm³/mol. The van der Waals surface area contributed by atoms with Gasteiger partial charge in [0, 0.05) is 36.1 Å². The highest BCUT2D eigenvalue weighted by molar-refractivity contribution is 7.16. The third-order valence-corrected chi connectivity index (χ3v) is 6.12. The van der Waals surface area contributed by atoms with Crippen molar-refractivity contribution in [1.82, 2.24) is 20.3 Å². The maximum absolute atomic E-state index is 14.3. The molecule has 1 fully saturated rings. The summed E-state index contributed by atoms with van der Waals surface area (Å²) in [5.41, 5.74) is 0.0334. The first-order chi connectivity index (χ1) is 11.3. The molecule has 0 aliphatic carbocycles. The molecule has 1 spiro atoms. The van der Waals surface area contributed by atoms with Gasteiger partial charge in [0.05, 0.1) is 16.1 Å². The Kier molecular flexibility index (Phi) is 3.72. The number of piperidine rings is 1. The van der Waals surface area contributed by atoms with Gasteiger partial charge in [0.15, 0.2) is 0 Å². The normalized spacial score (nSPS) is 32.0. The highest BCUT2D eigenvalue weighted by Crippen LogP contribution is 2.54. The zero-order chi connectivity index (χ0) is 17.1. The minimum absolute atomic E-state index is 0.00995. The lowest BCUT2D eigenvalue weighted by atomic mass is 9.78. The summed E-state index contributed by atoms with van der Waals surface area (Å²) in [5, 5.41) is 11.6. The molecule has 0 bridgehead atoms. The quantitative estimate of drug-likeness (QED) is 0.831. The molecule has 4 rings (SSSR count). The number of fused-ring (bicyclic) bond motifs is 2. The number of aryl methyl sites for hydroxylation is 1. The van der Waals surface area contributed by atoms with Gasteiger partial charge in [0.1, 0.15) is 12.2 Å². The zero-order valence-electron chi connectivity index (χ0n) is 13.2. The molecule has 1 N–H and O–H groups in total. The number of nitrogens with one attached hydrogen (secondary N) is 1. The molecule has 0 aromatic carbocycles. The smallest absolute Gasteiger partial charge is 0.297 e. The molecule has 1 saturated heterocycles. The molecule has 4 heterocycles. The number of halogens is 3. The Hall–Kier alpha value is -1.09. The Morgan fingerprint density at radius 3 is 2.96 bits per heavy atom. The zero-order valence-corrected chi connectivity index (χ0v) is 14.8. The summed E-state index contributed by atoms with van der Waals surface area (Å²) >= 11 is 7.26. The van der Waals surface area contributed by atoms with Crippen molar-refractivity contribution in [1.29, 1.82) is 0 Å². The maximum Gasteiger partial charge on any atom is 0.297 e. The first-order valence-corrected chi connectivity index (χ1v) is 8.93. The molecule has 24 heavy (non-hydrogen) atoms. The Morgan fingerprint density at radius 1 is 1.46 bits per heavy atom. The van der Waals surface area contributed by atoms with E-state index in [1.807, 2.05) is 13.1 Å². The lowest BCUT2D eigenvalue weighted by Gasteiger charge is -2.47. The Labute approximate surface area is 146 Å². The summed E-state index contributed by atoms with van der Waals surface area (Å²) in [4.78, 5) is 0.547. The van der Waals surface area contributed by atoms with E-state index in [0.717, 1.165) is 5.69 Å². The average Bonchev–Trinajstić information content (AvgIpc) is 3.11. The fourth-order valence-corrected chi connectivity index (χ4v) is 5.17. The van der Waals surface area contributed by atoms with Crippen LogP contribution in [0.15, 0.2) is 12.3 Å². The van der Waals surface area contributed by atoms with E-state index in [4.69, 9.17) is 16.3 Å².